The molecule has 0 atom stereocenters. The van der Waals surface area contributed by atoms with Gasteiger partial charge in [-0.05, 0) is 43.1 Å². The maximum atomic E-state index is 10.7. The summed E-state index contributed by atoms with van der Waals surface area (Å²) < 4.78 is 0. The molecule has 1 aliphatic carbocycles. The molecule has 0 aliphatic heterocycles. The molecule has 0 spiro atoms. The lowest BCUT2D eigenvalue weighted by Gasteiger charge is -2.31. The van der Waals surface area contributed by atoms with E-state index in [-0.39, 0.29) is 5.69 Å². The minimum atomic E-state index is -0.402. The third-order valence-corrected chi connectivity index (χ3v) is 4.41. The largest absolute Gasteiger partial charge is 0.369 e. The lowest BCUT2D eigenvalue weighted by molar-refractivity contribution is -0.385. The topological polar surface area (TPSA) is 68.1 Å². The van der Waals surface area contributed by atoms with Gasteiger partial charge in [0.15, 0.2) is 0 Å². The van der Waals surface area contributed by atoms with Gasteiger partial charge in [0.1, 0.15) is 12.0 Å². The van der Waals surface area contributed by atoms with E-state index >= 15 is 0 Å². The summed E-state index contributed by atoms with van der Waals surface area (Å²) in [6, 6.07) is 1.58. The number of nitrogens with zero attached hydrogens (tertiary/aromatic N) is 2. The van der Waals surface area contributed by atoms with E-state index in [2.05, 4.69) is 24.1 Å². The fourth-order valence-electron chi connectivity index (χ4n) is 3.56. The Morgan fingerprint density at radius 1 is 1.43 bits per heavy atom. The Balaban J connectivity index is 2.06. The van der Waals surface area contributed by atoms with E-state index in [0.717, 1.165) is 17.9 Å². The molecule has 0 radical (unpaired) electrons. The quantitative estimate of drug-likeness (QED) is 0.626. The van der Waals surface area contributed by atoms with Crippen molar-refractivity contribution >= 4 is 11.5 Å². The number of aromatic nitrogens is 1. The standard InChI is InChI=1S/C16H25N3O2/c1-12(2)9-16(6-4-5-7-16)11-18-15-13(3)8-14(10-17-15)19(20)21/h8,10,12H,4-7,9,11H2,1-3H3,(H,17,18). The monoisotopic (exact) mass is 291 g/mol. The molecular weight excluding hydrogens is 266 g/mol. The summed E-state index contributed by atoms with van der Waals surface area (Å²) in [6.07, 6.45) is 7.71. The molecule has 1 saturated carbocycles. The molecule has 5 heteroatoms. The van der Waals surface area contributed by atoms with Crippen LogP contribution in [0.5, 0.6) is 0 Å². The van der Waals surface area contributed by atoms with Crippen LogP contribution >= 0.6 is 0 Å². The van der Waals surface area contributed by atoms with Crippen LogP contribution < -0.4 is 5.32 Å². The number of hydrogen-bond donors (Lipinski definition) is 1. The molecule has 5 nitrogen and oxygen atoms in total. The van der Waals surface area contributed by atoms with Crippen molar-refractivity contribution in [1.82, 2.24) is 4.98 Å². The zero-order valence-electron chi connectivity index (χ0n) is 13.2. The molecule has 0 aromatic carbocycles. The number of aryl methyl sites for hydroxylation is 1. The van der Waals surface area contributed by atoms with Crippen molar-refractivity contribution in [2.45, 2.75) is 52.9 Å². The van der Waals surface area contributed by atoms with E-state index in [4.69, 9.17) is 0 Å². The minimum absolute atomic E-state index is 0.0517. The van der Waals surface area contributed by atoms with Crippen LogP contribution in [0.3, 0.4) is 0 Å². The van der Waals surface area contributed by atoms with Crippen LogP contribution in [0.2, 0.25) is 0 Å². The molecule has 1 fully saturated rings. The molecule has 0 saturated heterocycles. The molecule has 0 bridgehead atoms. The first-order chi connectivity index (χ1) is 9.92. The van der Waals surface area contributed by atoms with Crippen molar-refractivity contribution in [3.05, 3.63) is 27.9 Å². The van der Waals surface area contributed by atoms with E-state index < -0.39 is 4.92 Å². The van der Waals surface area contributed by atoms with Gasteiger partial charge < -0.3 is 5.32 Å². The maximum Gasteiger partial charge on any atom is 0.287 e. The van der Waals surface area contributed by atoms with Crippen LogP contribution in [-0.2, 0) is 0 Å². The summed E-state index contributed by atoms with van der Waals surface area (Å²) in [7, 11) is 0. The van der Waals surface area contributed by atoms with Crippen LogP contribution in [0.4, 0.5) is 11.5 Å². The molecule has 21 heavy (non-hydrogen) atoms. The molecule has 2 rings (SSSR count). The predicted molar refractivity (Wildman–Crippen MR) is 84.5 cm³/mol. The molecule has 0 unspecified atom stereocenters. The summed E-state index contributed by atoms with van der Waals surface area (Å²) in [5.41, 5.74) is 1.25. The number of rotatable bonds is 6. The average molecular weight is 291 g/mol. The third kappa shape index (κ3) is 3.93. The van der Waals surface area contributed by atoms with Gasteiger partial charge in [-0.1, -0.05) is 26.7 Å². The molecule has 1 heterocycles. The Morgan fingerprint density at radius 3 is 2.62 bits per heavy atom. The second kappa shape index (κ2) is 6.41. The van der Waals surface area contributed by atoms with Gasteiger partial charge >= 0.3 is 0 Å². The Hall–Kier alpha value is -1.65. The van der Waals surface area contributed by atoms with Gasteiger partial charge in [-0.15, -0.1) is 0 Å². The van der Waals surface area contributed by atoms with E-state index in [0.29, 0.717) is 11.3 Å². The Labute approximate surface area is 126 Å². The van der Waals surface area contributed by atoms with Crippen LogP contribution in [0, 0.1) is 28.4 Å². The summed E-state index contributed by atoms with van der Waals surface area (Å²) >= 11 is 0. The second-order valence-electron chi connectivity index (χ2n) is 6.77. The first-order valence-electron chi connectivity index (χ1n) is 7.77. The SMILES string of the molecule is Cc1cc([N+](=O)[O-])cnc1NCC1(CC(C)C)CCCC1. The van der Waals surface area contributed by atoms with Crippen molar-refractivity contribution in [1.29, 1.82) is 0 Å². The zero-order valence-corrected chi connectivity index (χ0v) is 13.2. The molecule has 1 aromatic rings. The third-order valence-electron chi connectivity index (χ3n) is 4.41. The van der Waals surface area contributed by atoms with Gasteiger partial charge in [0.25, 0.3) is 5.69 Å². The number of hydrogen-bond acceptors (Lipinski definition) is 4. The van der Waals surface area contributed by atoms with E-state index in [9.17, 15) is 10.1 Å². The van der Waals surface area contributed by atoms with E-state index in [1.54, 1.807) is 6.07 Å². The molecule has 1 aliphatic rings. The van der Waals surface area contributed by atoms with Gasteiger partial charge in [-0.3, -0.25) is 10.1 Å². The predicted octanol–water partition coefficient (Wildman–Crippen LogP) is 4.32. The van der Waals surface area contributed by atoms with Gasteiger partial charge in [-0.25, -0.2) is 4.98 Å². The highest BCUT2D eigenvalue weighted by atomic mass is 16.6. The highest BCUT2D eigenvalue weighted by Gasteiger charge is 2.34. The molecule has 116 valence electrons. The van der Waals surface area contributed by atoms with Crippen molar-refractivity contribution in [2.75, 3.05) is 11.9 Å². The van der Waals surface area contributed by atoms with Gasteiger partial charge in [0, 0.05) is 12.6 Å². The first-order valence-corrected chi connectivity index (χ1v) is 7.77. The van der Waals surface area contributed by atoms with E-state index in [1.807, 2.05) is 6.92 Å². The second-order valence-corrected chi connectivity index (χ2v) is 6.77. The number of anilines is 1. The molecule has 1 N–H and O–H groups in total. The van der Waals surface area contributed by atoms with Gasteiger partial charge in [0.05, 0.1) is 4.92 Å². The fourth-order valence-corrected chi connectivity index (χ4v) is 3.56. The zero-order chi connectivity index (χ0) is 15.5. The molecule has 1 aromatic heterocycles. The average Bonchev–Trinajstić information content (AvgIpc) is 2.85. The van der Waals surface area contributed by atoms with Crippen molar-refractivity contribution in [2.24, 2.45) is 11.3 Å². The highest BCUT2D eigenvalue weighted by molar-refractivity contribution is 5.48. The van der Waals surface area contributed by atoms with Crippen molar-refractivity contribution in [3.63, 3.8) is 0 Å². The molecular formula is C16H25N3O2. The van der Waals surface area contributed by atoms with Crippen LogP contribution in [0.25, 0.3) is 0 Å². The molecule has 0 amide bonds. The first kappa shape index (κ1) is 15.7. The van der Waals surface area contributed by atoms with E-state index in [1.165, 1.54) is 38.3 Å². The Morgan fingerprint density at radius 2 is 2.10 bits per heavy atom. The summed E-state index contributed by atoms with van der Waals surface area (Å²) in [4.78, 5) is 14.6. The highest BCUT2D eigenvalue weighted by Crippen LogP contribution is 2.43. The lowest BCUT2D eigenvalue weighted by atomic mass is 9.78. The van der Waals surface area contributed by atoms with Crippen LogP contribution in [-0.4, -0.2) is 16.5 Å². The number of pyridine rings is 1. The Bertz CT molecular complexity index is 508. The van der Waals surface area contributed by atoms with Crippen molar-refractivity contribution in [3.8, 4) is 0 Å². The smallest absolute Gasteiger partial charge is 0.287 e. The summed E-state index contributed by atoms with van der Waals surface area (Å²) in [5, 5.41) is 14.2. The normalized spacial score (nSPS) is 17.1. The van der Waals surface area contributed by atoms with Gasteiger partial charge in [0.2, 0.25) is 0 Å². The maximum absolute atomic E-state index is 10.7. The number of nitro groups is 1. The fraction of sp³-hybridized carbons (Fsp3) is 0.688. The minimum Gasteiger partial charge on any atom is -0.369 e. The number of nitrogens with one attached hydrogen (secondary N) is 1. The van der Waals surface area contributed by atoms with Gasteiger partial charge in [-0.2, -0.15) is 0 Å². The lowest BCUT2D eigenvalue weighted by Crippen LogP contribution is -2.29. The van der Waals surface area contributed by atoms with Crippen LogP contribution in [0.15, 0.2) is 12.3 Å². The Kier molecular flexibility index (Phi) is 4.80. The van der Waals surface area contributed by atoms with Crippen LogP contribution in [0.1, 0.15) is 51.5 Å². The summed E-state index contributed by atoms with van der Waals surface area (Å²) in [6.45, 7) is 7.33. The van der Waals surface area contributed by atoms with Crippen molar-refractivity contribution < 1.29 is 4.92 Å². The summed E-state index contributed by atoms with van der Waals surface area (Å²) in [5.74, 6) is 1.46.